The molecule has 1 N–H and O–H groups in total. The van der Waals surface area contributed by atoms with E-state index >= 15 is 0 Å². The highest BCUT2D eigenvalue weighted by atomic mass is 35.5. The molecule has 114 valence electrons. The number of benzene rings is 1. The maximum Gasteiger partial charge on any atom is 0.122 e. The molecule has 0 aliphatic heterocycles. The van der Waals surface area contributed by atoms with E-state index in [1.807, 2.05) is 18.2 Å². The van der Waals surface area contributed by atoms with E-state index in [0.717, 1.165) is 24.1 Å². The summed E-state index contributed by atoms with van der Waals surface area (Å²) in [6.45, 7) is 9.25. The van der Waals surface area contributed by atoms with Crippen LogP contribution in [0.15, 0.2) is 30.5 Å². The molecule has 0 aliphatic rings. The molecule has 1 aromatic heterocycles. The molecule has 2 aromatic rings. The third-order valence-electron chi connectivity index (χ3n) is 3.59. The predicted molar refractivity (Wildman–Crippen MR) is 86.7 cm³/mol. The van der Waals surface area contributed by atoms with E-state index in [2.05, 4.69) is 38.9 Å². The molecule has 0 fully saturated rings. The lowest BCUT2D eigenvalue weighted by Crippen LogP contribution is -2.18. The van der Waals surface area contributed by atoms with E-state index in [4.69, 9.17) is 11.6 Å². The second kappa shape index (κ2) is 6.20. The van der Waals surface area contributed by atoms with Gasteiger partial charge in [0.05, 0.1) is 16.9 Å². The van der Waals surface area contributed by atoms with Gasteiger partial charge in [-0.2, -0.15) is 5.10 Å². The average molecular weight is 307 g/mol. The van der Waals surface area contributed by atoms with E-state index in [9.17, 15) is 5.11 Å². The Bertz CT molecular complexity index is 613. The van der Waals surface area contributed by atoms with Crippen molar-refractivity contribution >= 4 is 11.6 Å². The number of halogens is 1. The predicted octanol–water partition coefficient (Wildman–Crippen LogP) is 4.33. The van der Waals surface area contributed by atoms with Gasteiger partial charge < -0.3 is 5.11 Å². The number of rotatable bonds is 4. The van der Waals surface area contributed by atoms with Crippen molar-refractivity contribution in [2.45, 2.75) is 52.2 Å². The van der Waals surface area contributed by atoms with Crippen LogP contribution in [0.5, 0.6) is 0 Å². The van der Waals surface area contributed by atoms with Gasteiger partial charge in [0, 0.05) is 6.54 Å². The summed E-state index contributed by atoms with van der Waals surface area (Å²) in [5.74, 6) is 0. The van der Waals surface area contributed by atoms with Gasteiger partial charge in [-0.05, 0) is 23.0 Å². The number of nitrogens with zero attached hydrogens (tertiary/aromatic N) is 2. The lowest BCUT2D eigenvalue weighted by atomic mass is 9.82. The maximum absolute atomic E-state index is 10.9. The van der Waals surface area contributed by atoms with Crippen molar-refractivity contribution in [3.63, 3.8) is 0 Å². The first kappa shape index (κ1) is 16.1. The van der Waals surface area contributed by atoms with Crippen LogP contribution >= 0.6 is 11.6 Å². The van der Waals surface area contributed by atoms with Crippen LogP contribution in [0, 0.1) is 0 Å². The first-order valence-electron chi connectivity index (χ1n) is 7.35. The summed E-state index contributed by atoms with van der Waals surface area (Å²) in [5, 5.41) is 15.7. The van der Waals surface area contributed by atoms with Crippen LogP contribution in [0.2, 0.25) is 5.02 Å². The van der Waals surface area contributed by atoms with Gasteiger partial charge in [-0.1, -0.05) is 63.6 Å². The molecule has 0 amide bonds. The zero-order valence-electron chi connectivity index (χ0n) is 13.1. The van der Waals surface area contributed by atoms with Crippen LogP contribution < -0.4 is 0 Å². The van der Waals surface area contributed by atoms with Gasteiger partial charge in [0.2, 0.25) is 0 Å². The van der Waals surface area contributed by atoms with Crippen LogP contribution in [0.4, 0.5) is 0 Å². The van der Waals surface area contributed by atoms with Crippen LogP contribution in [0.1, 0.15) is 57.0 Å². The van der Waals surface area contributed by atoms with Crippen molar-refractivity contribution in [3.8, 4) is 0 Å². The van der Waals surface area contributed by atoms with Crippen LogP contribution in [-0.2, 0) is 12.0 Å². The first-order valence-corrected chi connectivity index (χ1v) is 7.72. The van der Waals surface area contributed by atoms with Crippen LogP contribution in [0.3, 0.4) is 0 Å². The molecular weight excluding hydrogens is 284 g/mol. The molecule has 0 saturated heterocycles. The average Bonchev–Trinajstić information content (AvgIpc) is 2.79. The van der Waals surface area contributed by atoms with E-state index in [1.165, 1.54) is 0 Å². The van der Waals surface area contributed by atoms with E-state index in [-0.39, 0.29) is 5.41 Å². The summed E-state index contributed by atoms with van der Waals surface area (Å²) in [7, 11) is 0. The van der Waals surface area contributed by atoms with E-state index in [0.29, 0.717) is 10.7 Å². The molecule has 1 unspecified atom stereocenters. The molecule has 1 atom stereocenters. The highest BCUT2D eigenvalue weighted by molar-refractivity contribution is 6.31. The Hall–Kier alpha value is -1.32. The molecule has 1 aromatic carbocycles. The molecule has 0 radical (unpaired) electrons. The summed E-state index contributed by atoms with van der Waals surface area (Å²) in [4.78, 5) is 0. The molecule has 0 aliphatic carbocycles. The minimum atomic E-state index is -0.762. The molecular formula is C17H23ClN2O. The van der Waals surface area contributed by atoms with Crippen molar-refractivity contribution in [1.82, 2.24) is 9.78 Å². The molecule has 0 bridgehead atoms. The molecule has 3 nitrogen and oxygen atoms in total. The minimum Gasteiger partial charge on any atom is -0.382 e. The van der Waals surface area contributed by atoms with Crippen LogP contribution in [-0.4, -0.2) is 14.9 Å². The maximum atomic E-state index is 10.9. The van der Waals surface area contributed by atoms with Gasteiger partial charge >= 0.3 is 0 Å². The Morgan fingerprint density at radius 2 is 1.95 bits per heavy atom. The summed E-state index contributed by atoms with van der Waals surface area (Å²) in [6.07, 6.45) is 1.79. The van der Waals surface area contributed by atoms with Crippen molar-refractivity contribution in [2.75, 3.05) is 0 Å². The Kier molecular flexibility index (Phi) is 4.74. The van der Waals surface area contributed by atoms with Gasteiger partial charge in [-0.3, -0.25) is 4.68 Å². The second-order valence-electron chi connectivity index (χ2n) is 6.34. The summed E-state index contributed by atoms with van der Waals surface area (Å²) < 4.78 is 1.80. The summed E-state index contributed by atoms with van der Waals surface area (Å²) in [5.41, 5.74) is 2.65. The summed E-state index contributed by atoms with van der Waals surface area (Å²) >= 11 is 6.25. The quantitative estimate of drug-likeness (QED) is 0.913. The fraction of sp³-hybridized carbons (Fsp3) is 0.471. The molecule has 1 heterocycles. The second-order valence-corrected chi connectivity index (χ2v) is 6.75. The highest BCUT2D eigenvalue weighted by Gasteiger charge is 2.26. The number of aromatic nitrogens is 2. The molecule has 21 heavy (non-hydrogen) atoms. The van der Waals surface area contributed by atoms with Gasteiger partial charge in [0.25, 0.3) is 0 Å². The first-order chi connectivity index (χ1) is 9.86. The Balaban J connectivity index is 2.51. The molecule has 0 spiro atoms. The molecule has 2 rings (SSSR count). The van der Waals surface area contributed by atoms with Gasteiger partial charge in [-0.25, -0.2) is 0 Å². The van der Waals surface area contributed by atoms with Gasteiger partial charge in [-0.15, -0.1) is 0 Å². The smallest absolute Gasteiger partial charge is 0.122 e. The normalized spacial score (nSPS) is 13.4. The zero-order valence-corrected chi connectivity index (χ0v) is 13.9. The van der Waals surface area contributed by atoms with Crippen molar-refractivity contribution in [3.05, 3.63) is 52.3 Å². The SMILES string of the molecule is CCCn1ncc(Cl)c1C(O)c1ccccc1C(C)(C)C. The number of aryl methyl sites for hydroxylation is 1. The fourth-order valence-electron chi connectivity index (χ4n) is 2.60. The van der Waals surface area contributed by atoms with Crippen LogP contribution in [0.25, 0.3) is 0 Å². The Morgan fingerprint density at radius 1 is 1.29 bits per heavy atom. The number of hydrogen-bond donors (Lipinski definition) is 1. The largest absolute Gasteiger partial charge is 0.382 e. The lowest BCUT2D eigenvalue weighted by Gasteiger charge is -2.25. The van der Waals surface area contributed by atoms with E-state index < -0.39 is 6.10 Å². The number of aliphatic hydroxyl groups is 1. The minimum absolute atomic E-state index is 0.0420. The lowest BCUT2D eigenvalue weighted by molar-refractivity contribution is 0.205. The number of hydrogen-bond acceptors (Lipinski definition) is 2. The van der Waals surface area contributed by atoms with Crippen molar-refractivity contribution < 1.29 is 5.11 Å². The standard InChI is InChI=1S/C17H23ClN2O/c1-5-10-20-15(14(18)11-19-20)16(21)12-8-6-7-9-13(12)17(2,3)4/h6-9,11,16,21H,5,10H2,1-4H3. The Labute approximate surface area is 131 Å². The third kappa shape index (κ3) is 3.30. The summed E-state index contributed by atoms with van der Waals surface area (Å²) in [6, 6.07) is 7.97. The topological polar surface area (TPSA) is 38.0 Å². The van der Waals surface area contributed by atoms with E-state index in [1.54, 1.807) is 10.9 Å². The monoisotopic (exact) mass is 306 g/mol. The number of aliphatic hydroxyl groups excluding tert-OH is 1. The fourth-order valence-corrected chi connectivity index (χ4v) is 2.84. The zero-order chi connectivity index (χ0) is 15.6. The van der Waals surface area contributed by atoms with Gasteiger partial charge in [0.1, 0.15) is 6.10 Å². The molecule has 0 saturated carbocycles. The van der Waals surface area contributed by atoms with Gasteiger partial charge in [0.15, 0.2) is 0 Å². The van der Waals surface area contributed by atoms with Crippen molar-refractivity contribution in [1.29, 1.82) is 0 Å². The molecule has 4 heteroatoms. The Morgan fingerprint density at radius 3 is 2.57 bits per heavy atom. The third-order valence-corrected chi connectivity index (χ3v) is 3.88. The van der Waals surface area contributed by atoms with Crippen molar-refractivity contribution in [2.24, 2.45) is 0 Å². The highest BCUT2D eigenvalue weighted by Crippen LogP contribution is 2.35.